The summed E-state index contributed by atoms with van der Waals surface area (Å²) in [7, 11) is 1.79. The molecule has 1 fully saturated rings. The van der Waals surface area contributed by atoms with Gasteiger partial charge in [-0.2, -0.15) is 0 Å². The minimum atomic E-state index is 0.751. The van der Waals surface area contributed by atoms with E-state index in [1.54, 1.807) is 7.11 Å². The van der Waals surface area contributed by atoms with Gasteiger partial charge in [0, 0.05) is 6.04 Å². The van der Waals surface area contributed by atoms with Gasteiger partial charge >= 0.3 is 0 Å². The van der Waals surface area contributed by atoms with Crippen molar-refractivity contribution in [1.29, 1.82) is 0 Å². The second-order valence-corrected chi connectivity index (χ2v) is 5.24. The number of benzene rings is 1. The van der Waals surface area contributed by atoms with Gasteiger partial charge in [-0.1, -0.05) is 12.1 Å². The van der Waals surface area contributed by atoms with Gasteiger partial charge in [0.05, 0.1) is 7.11 Å². The average Bonchev–Trinajstić information content (AvgIpc) is 2.91. The van der Waals surface area contributed by atoms with Crippen molar-refractivity contribution in [2.24, 2.45) is 0 Å². The molecule has 2 aliphatic rings. The van der Waals surface area contributed by atoms with Crippen LogP contribution in [0.15, 0.2) is 18.2 Å². The molecule has 1 heterocycles. The molecule has 17 heavy (non-hydrogen) atoms. The van der Waals surface area contributed by atoms with Gasteiger partial charge in [0.15, 0.2) is 0 Å². The largest absolute Gasteiger partial charge is 0.496 e. The maximum atomic E-state index is 5.51. The highest BCUT2D eigenvalue weighted by Gasteiger charge is 2.27. The third-order valence-corrected chi connectivity index (χ3v) is 4.29. The average molecular weight is 231 g/mol. The third-order valence-electron chi connectivity index (χ3n) is 4.29. The first-order chi connectivity index (χ1) is 8.38. The Morgan fingerprint density at radius 3 is 2.82 bits per heavy atom. The molecule has 0 bridgehead atoms. The van der Waals surface area contributed by atoms with Gasteiger partial charge in [0.1, 0.15) is 5.75 Å². The van der Waals surface area contributed by atoms with Crippen LogP contribution < -0.4 is 4.74 Å². The fourth-order valence-corrected chi connectivity index (χ4v) is 3.35. The number of nitrogens with zero attached hydrogens (tertiary/aromatic N) is 1. The van der Waals surface area contributed by atoms with Crippen molar-refractivity contribution in [3.05, 3.63) is 29.3 Å². The van der Waals surface area contributed by atoms with Crippen molar-refractivity contribution in [3.8, 4) is 5.75 Å². The van der Waals surface area contributed by atoms with Crippen molar-refractivity contribution >= 4 is 0 Å². The Hall–Kier alpha value is -1.02. The Kier molecular flexibility index (Phi) is 3.06. The van der Waals surface area contributed by atoms with Crippen molar-refractivity contribution in [2.45, 2.75) is 38.1 Å². The minimum Gasteiger partial charge on any atom is -0.496 e. The van der Waals surface area contributed by atoms with E-state index in [-0.39, 0.29) is 0 Å². The number of ether oxygens (including phenoxy) is 1. The first-order valence-electron chi connectivity index (χ1n) is 6.77. The van der Waals surface area contributed by atoms with Crippen LogP contribution in [-0.2, 0) is 12.8 Å². The molecule has 1 atom stereocenters. The van der Waals surface area contributed by atoms with Gasteiger partial charge in [-0.25, -0.2) is 0 Å². The summed E-state index contributed by atoms with van der Waals surface area (Å²) in [6, 6.07) is 7.23. The lowest BCUT2D eigenvalue weighted by Crippen LogP contribution is -2.37. The van der Waals surface area contributed by atoms with E-state index in [0.29, 0.717) is 0 Å². The first kappa shape index (κ1) is 11.1. The zero-order valence-electron chi connectivity index (χ0n) is 10.6. The summed E-state index contributed by atoms with van der Waals surface area (Å²) < 4.78 is 5.51. The Balaban J connectivity index is 1.83. The zero-order valence-corrected chi connectivity index (χ0v) is 10.6. The Morgan fingerprint density at radius 1 is 1.24 bits per heavy atom. The molecule has 92 valence electrons. The molecule has 0 unspecified atom stereocenters. The van der Waals surface area contributed by atoms with Gasteiger partial charge in [-0.3, -0.25) is 0 Å². The number of fused-ring (bicyclic) bond motifs is 1. The summed E-state index contributed by atoms with van der Waals surface area (Å²) in [5, 5.41) is 0. The highest BCUT2D eigenvalue weighted by atomic mass is 16.5. The number of aryl methyl sites for hydroxylation is 1. The molecule has 1 aromatic rings. The maximum Gasteiger partial charge on any atom is 0.122 e. The lowest BCUT2D eigenvalue weighted by molar-refractivity contribution is 0.220. The second-order valence-electron chi connectivity index (χ2n) is 5.24. The van der Waals surface area contributed by atoms with Crippen LogP contribution in [0.25, 0.3) is 0 Å². The third kappa shape index (κ3) is 2.06. The number of hydrogen-bond donors (Lipinski definition) is 0. The summed E-state index contributed by atoms with van der Waals surface area (Å²) in [5.41, 5.74) is 2.96. The predicted molar refractivity (Wildman–Crippen MR) is 69.6 cm³/mol. The van der Waals surface area contributed by atoms with E-state index in [2.05, 4.69) is 23.1 Å². The predicted octanol–water partition coefficient (Wildman–Crippen LogP) is 2.65. The molecule has 0 N–H and O–H groups in total. The Labute approximate surface area is 104 Å². The second kappa shape index (κ2) is 4.69. The molecule has 1 aliphatic heterocycles. The van der Waals surface area contributed by atoms with Crippen molar-refractivity contribution < 1.29 is 4.74 Å². The van der Waals surface area contributed by atoms with Crippen LogP contribution >= 0.6 is 0 Å². The molecular weight excluding hydrogens is 210 g/mol. The summed E-state index contributed by atoms with van der Waals surface area (Å²) in [6.07, 6.45) is 6.48. The van der Waals surface area contributed by atoms with Crippen LogP contribution in [-0.4, -0.2) is 31.1 Å². The molecule has 2 heteroatoms. The van der Waals surface area contributed by atoms with E-state index in [1.165, 1.54) is 56.3 Å². The minimum absolute atomic E-state index is 0.751. The molecule has 1 saturated heterocycles. The molecule has 2 nitrogen and oxygen atoms in total. The number of hydrogen-bond acceptors (Lipinski definition) is 2. The lowest BCUT2D eigenvalue weighted by Gasteiger charge is -2.32. The normalized spacial score (nSPS) is 24.6. The summed E-state index contributed by atoms with van der Waals surface area (Å²) in [6.45, 7) is 2.60. The summed E-state index contributed by atoms with van der Waals surface area (Å²) in [4.78, 5) is 2.68. The van der Waals surface area contributed by atoms with Crippen LogP contribution in [0.4, 0.5) is 0 Å². The van der Waals surface area contributed by atoms with Gasteiger partial charge in [-0.15, -0.1) is 0 Å². The van der Waals surface area contributed by atoms with E-state index >= 15 is 0 Å². The molecule has 3 rings (SSSR count). The van der Waals surface area contributed by atoms with E-state index in [4.69, 9.17) is 4.74 Å². The van der Waals surface area contributed by atoms with Gasteiger partial charge in [0.2, 0.25) is 0 Å². The van der Waals surface area contributed by atoms with Gasteiger partial charge in [-0.05, 0) is 62.4 Å². The van der Waals surface area contributed by atoms with Gasteiger partial charge in [0.25, 0.3) is 0 Å². The standard InChI is InChI=1S/C15H21NO/c1-17-15-6-4-5-12-7-8-13(11-14(12)15)16-9-2-3-10-16/h4-6,13H,2-3,7-11H2,1H3/t13-/m0/s1. The number of methoxy groups -OCH3 is 1. The lowest BCUT2D eigenvalue weighted by atomic mass is 9.87. The summed E-state index contributed by atoms with van der Waals surface area (Å²) >= 11 is 0. The summed E-state index contributed by atoms with van der Waals surface area (Å²) in [5.74, 6) is 1.09. The molecule has 0 amide bonds. The highest BCUT2D eigenvalue weighted by molar-refractivity contribution is 5.42. The molecule has 0 saturated carbocycles. The SMILES string of the molecule is COc1cccc2c1C[C@@H](N1CCCC1)CC2. The topological polar surface area (TPSA) is 12.5 Å². The van der Waals surface area contributed by atoms with Crippen molar-refractivity contribution in [1.82, 2.24) is 4.90 Å². The monoisotopic (exact) mass is 231 g/mol. The Morgan fingerprint density at radius 2 is 2.06 bits per heavy atom. The molecule has 0 spiro atoms. The fraction of sp³-hybridized carbons (Fsp3) is 0.600. The number of likely N-dealkylation sites (tertiary alicyclic amines) is 1. The molecule has 0 radical (unpaired) electrons. The van der Waals surface area contributed by atoms with Crippen LogP contribution in [0, 0.1) is 0 Å². The first-order valence-corrected chi connectivity index (χ1v) is 6.77. The van der Waals surface area contributed by atoms with Crippen molar-refractivity contribution in [2.75, 3.05) is 20.2 Å². The number of rotatable bonds is 2. The van der Waals surface area contributed by atoms with Crippen LogP contribution in [0.5, 0.6) is 5.75 Å². The zero-order chi connectivity index (χ0) is 11.7. The van der Waals surface area contributed by atoms with E-state index in [9.17, 15) is 0 Å². The highest BCUT2D eigenvalue weighted by Crippen LogP contribution is 2.32. The van der Waals surface area contributed by atoms with Crippen molar-refractivity contribution in [3.63, 3.8) is 0 Å². The fourth-order valence-electron chi connectivity index (χ4n) is 3.35. The smallest absolute Gasteiger partial charge is 0.122 e. The molecular formula is C15H21NO. The molecule has 1 aromatic carbocycles. The molecule has 1 aliphatic carbocycles. The van der Waals surface area contributed by atoms with Crippen LogP contribution in [0.2, 0.25) is 0 Å². The van der Waals surface area contributed by atoms with Gasteiger partial charge < -0.3 is 9.64 Å². The molecule has 0 aromatic heterocycles. The van der Waals surface area contributed by atoms with E-state index in [1.807, 2.05) is 0 Å². The van der Waals surface area contributed by atoms with E-state index in [0.717, 1.165) is 11.8 Å². The van der Waals surface area contributed by atoms with Crippen LogP contribution in [0.3, 0.4) is 0 Å². The Bertz CT molecular complexity index is 382. The quantitative estimate of drug-likeness (QED) is 0.776. The maximum absolute atomic E-state index is 5.51. The van der Waals surface area contributed by atoms with Crippen LogP contribution in [0.1, 0.15) is 30.4 Å². The van der Waals surface area contributed by atoms with E-state index < -0.39 is 0 Å².